The minimum atomic E-state index is -1.02. The van der Waals surface area contributed by atoms with Crippen LogP contribution in [0.1, 0.15) is 24.4 Å². The Morgan fingerprint density at radius 2 is 2.10 bits per heavy atom. The first kappa shape index (κ1) is 15.3. The van der Waals surface area contributed by atoms with Gasteiger partial charge in [0.05, 0.1) is 0 Å². The lowest BCUT2D eigenvalue weighted by Crippen LogP contribution is -2.45. The normalized spacial score (nSPS) is 16.2. The van der Waals surface area contributed by atoms with Gasteiger partial charge in [-0.2, -0.15) is 0 Å². The van der Waals surface area contributed by atoms with Crippen LogP contribution in [-0.2, 0) is 14.3 Å². The number of carbonyl (C=O) groups excluding carboxylic acids is 1. The monoisotopic (exact) mass is 293 g/mol. The Balaban J connectivity index is 2.05. The van der Waals surface area contributed by atoms with Gasteiger partial charge < -0.3 is 19.2 Å². The number of aliphatic carboxylic acids is 1. The fraction of sp³-hybridized carbons (Fsp3) is 0.467. The molecule has 114 valence electrons. The molecule has 1 aromatic rings. The van der Waals surface area contributed by atoms with E-state index in [2.05, 4.69) is 0 Å². The van der Waals surface area contributed by atoms with Gasteiger partial charge in [0.25, 0.3) is 0 Å². The van der Waals surface area contributed by atoms with Crippen LogP contribution < -0.4 is 0 Å². The molecular weight excluding hydrogens is 274 g/mol. The molecule has 1 aliphatic rings. The molecule has 2 heterocycles. The van der Waals surface area contributed by atoms with E-state index < -0.39 is 5.97 Å². The number of carboxylic acid groups (broad SMARTS) is 1. The van der Waals surface area contributed by atoms with Crippen LogP contribution in [0.15, 0.2) is 22.6 Å². The molecule has 0 aliphatic carbocycles. The minimum absolute atomic E-state index is 0.0923. The van der Waals surface area contributed by atoms with Crippen LogP contribution in [0, 0.1) is 6.92 Å². The first-order valence-corrected chi connectivity index (χ1v) is 6.91. The van der Waals surface area contributed by atoms with E-state index in [0.29, 0.717) is 31.8 Å². The van der Waals surface area contributed by atoms with Gasteiger partial charge in [0.2, 0.25) is 5.91 Å². The summed E-state index contributed by atoms with van der Waals surface area (Å²) >= 11 is 0. The Hall–Kier alpha value is -2.08. The molecule has 1 saturated heterocycles. The standard InChI is InChI=1S/C15H19NO5/c1-11-2-3-13(21-11)4-5-14(17)16(10-15(18)19)12-6-8-20-9-7-12/h2-5,12H,6-10H2,1H3,(H,18,19). The summed E-state index contributed by atoms with van der Waals surface area (Å²) in [6.07, 6.45) is 4.24. The maximum absolute atomic E-state index is 12.3. The van der Waals surface area contributed by atoms with Gasteiger partial charge in [-0.1, -0.05) is 0 Å². The second-order valence-electron chi connectivity index (χ2n) is 4.99. The summed E-state index contributed by atoms with van der Waals surface area (Å²) in [6, 6.07) is 3.47. The number of carboxylic acids is 1. The highest BCUT2D eigenvalue weighted by atomic mass is 16.5. The Kier molecular flexibility index (Phi) is 5.16. The molecule has 0 aromatic carbocycles. The average molecular weight is 293 g/mol. The number of rotatable bonds is 5. The quantitative estimate of drug-likeness (QED) is 0.836. The highest BCUT2D eigenvalue weighted by Gasteiger charge is 2.26. The highest BCUT2D eigenvalue weighted by Crippen LogP contribution is 2.16. The summed E-state index contributed by atoms with van der Waals surface area (Å²) in [6.45, 7) is 2.62. The Morgan fingerprint density at radius 1 is 1.38 bits per heavy atom. The molecule has 2 rings (SSSR count). The highest BCUT2D eigenvalue weighted by molar-refractivity contribution is 5.93. The molecule has 21 heavy (non-hydrogen) atoms. The molecule has 1 amide bonds. The lowest BCUT2D eigenvalue weighted by atomic mass is 10.1. The van der Waals surface area contributed by atoms with Crippen LogP contribution in [0.3, 0.4) is 0 Å². The van der Waals surface area contributed by atoms with Gasteiger partial charge in [-0.3, -0.25) is 9.59 Å². The first-order chi connectivity index (χ1) is 10.1. The fourth-order valence-corrected chi connectivity index (χ4v) is 2.32. The number of hydrogen-bond acceptors (Lipinski definition) is 4. The summed E-state index contributed by atoms with van der Waals surface area (Å²) in [4.78, 5) is 24.6. The zero-order valence-electron chi connectivity index (χ0n) is 11.9. The van der Waals surface area contributed by atoms with Gasteiger partial charge in [-0.05, 0) is 38.0 Å². The number of carbonyl (C=O) groups is 2. The summed E-state index contributed by atoms with van der Waals surface area (Å²) < 4.78 is 10.6. The largest absolute Gasteiger partial charge is 0.480 e. The third kappa shape index (κ3) is 4.46. The smallest absolute Gasteiger partial charge is 0.323 e. The van der Waals surface area contributed by atoms with E-state index >= 15 is 0 Å². The van der Waals surface area contributed by atoms with Crippen molar-refractivity contribution in [2.75, 3.05) is 19.8 Å². The number of aryl methyl sites for hydroxylation is 1. The lowest BCUT2D eigenvalue weighted by Gasteiger charge is -2.32. The predicted octanol–water partition coefficient (Wildman–Crippen LogP) is 1.69. The third-order valence-corrected chi connectivity index (χ3v) is 3.37. The Morgan fingerprint density at radius 3 is 2.67 bits per heavy atom. The van der Waals surface area contributed by atoms with Gasteiger partial charge in [-0.25, -0.2) is 0 Å². The van der Waals surface area contributed by atoms with E-state index in [1.54, 1.807) is 18.2 Å². The zero-order chi connectivity index (χ0) is 15.2. The van der Waals surface area contributed by atoms with Crippen LogP contribution >= 0.6 is 0 Å². The molecule has 0 bridgehead atoms. The van der Waals surface area contributed by atoms with E-state index in [1.807, 2.05) is 6.92 Å². The number of hydrogen-bond donors (Lipinski definition) is 1. The molecule has 0 saturated carbocycles. The molecule has 0 unspecified atom stereocenters. The number of amides is 1. The van der Waals surface area contributed by atoms with Crippen molar-refractivity contribution in [3.05, 3.63) is 29.7 Å². The summed E-state index contributed by atoms with van der Waals surface area (Å²) in [7, 11) is 0. The maximum Gasteiger partial charge on any atom is 0.323 e. The molecule has 0 spiro atoms. The van der Waals surface area contributed by atoms with E-state index in [-0.39, 0.29) is 18.5 Å². The van der Waals surface area contributed by atoms with Crippen molar-refractivity contribution in [1.29, 1.82) is 0 Å². The molecular formula is C15H19NO5. The molecule has 0 atom stereocenters. The van der Waals surface area contributed by atoms with Crippen LogP contribution in [0.5, 0.6) is 0 Å². The van der Waals surface area contributed by atoms with Crippen LogP contribution in [-0.4, -0.2) is 47.7 Å². The van der Waals surface area contributed by atoms with Gasteiger partial charge in [0.1, 0.15) is 18.1 Å². The van der Waals surface area contributed by atoms with Crippen molar-refractivity contribution in [1.82, 2.24) is 4.90 Å². The third-order valence-electron chi connectivity index (χ3n) is 3.37. The topological polar surface area (TPSA) is 80.0 Å². The predicted molar refractivity (Wildman–Crippen MR) is 75.7 cm³/mol. The van der Waals surface area contributed by atoms with E-state index in [9.17, 15) is 9.59 Å². The molecule has 6 heteroatoms. The zero-order valence-corrected chi connectivity index (χ0v) is 11.9. The fourth-order valence-electron chi connectivity index (χ4n) is 2.32. The average Bonchev–Trinajstić information content (AvgIpc) is 2.88. The second kappa shape index (κ2) is 7.08. The lowest BCUT2D eigenvalue weighted by molar-refractivity contribution is -0.145. The Labute approximate surface area is 123 Å². The Bertz CT molecular complexity index is 528. The number of furan rings is 1. The van der Waals surface area contributed by atoms with Gasteiger partial charge in [0, 0.05) is 25.3 Å². The van der Waals surface area contributed by atoms with E-state index in [0.717, 1.165) is 5.76 Å². The summed E-state index contributed by atoms with van der Waals surface area (Å²) in [5.41, 5.74) is 0. The molecule has 1 N–H and O–H groups in total. The SMILES string of the molecule is Cc1ccc(C=CC(=O)N(CC(=O)O)C2CCOCC2)o1. The molecule has 1 aliphatic heterocycles. The maximum atomic E-state index is 12.3. The summed E-state index contributed by atoms with van der Waals surface area (Å²) in [5.74, 6) is -0.00698. The van der Waals surface area contributed by atoms with E-state index in [4.69, 9.17) is 14.3 Å². The van der Waals surface area contributed by atoms with Crippen molar-refractivity contribution in [3.63, 3.8) is 0 Å². The minimum Gasteiger partial charge on any atom is -0.480 e. The van der Waals surface area contributed by atoms with Crippen molar-refractivity contribution in [2.24, 2.45) is 0 Å². The molecule has 6 nitrogen and oxygen atoms in total. The summed E-state index contributed by atoms with van der Waals surface area (Å²) in [5, 5.41) is 8.98. The molecule has 1 fully saturated rings. The van der Waals surface area contributed by atoms with E-state index in [1.165, 1.54) is 11.0 Å². The van der Waals surface area contributed by atoms with Crippen molar-refractivity contribution in [2.45, 2.75) is 25.8 Å². The van der Waals surface area contributed by atoms with Gasteiger partial charge >= 0.3 is 5.97 Å². The van der Waals surface area contributed by atoms with Gasteiger partial charge in [-0.15, -0.1) is 0 Å². The van der Waals surface area contributed by atoms with Crippen molar-refractivity contribution >= 4 is 18.0 Å². The van der Waals surface area contributed by atoms with Crippen molar-refractivity contribution < 1.29 is 23.8 Å². The molecule has 0 radical (unpaired) electrons. The first-order valence-electron chi connectivity index (χ1n) is 6.91. The number of nitrogens with zero attached hydrogens (tertiary/aromatic N) is 1. The van der Waals surface area contributed by atoms with Crippen molar-refractivity contribution in [3.8, 4) is 0 Å². The van der Waals surface area contributed by atoms with Crippen LogP contribution in [0.25, 0.3) is 6.08 Å². The van der Waals surface area contributed by atoms with Gasteiger partial charge in [0.15, 0.2) is 0 Å². The van der Waals surface area contributed by atoms with Crippen LogP contribution in [0.4, 0.5) is 0 Å². The molecule has 1 aromatic heterocycles. The second-order valence-corrected chi connectivity index (χ2v) is 4.99. The number of ether oxygens (including phenoxy) is 1. The van der Waals surface area contributed by atoms with Crippen LogP contribution in [0.2, 0.25) is 0 Å².